The number of benzene rings is 1. The summed E-state index contributed by atoms with van der Waals surface area (Å²) in [6.07, 6.45) is 0.850. The first-order valence-corrected chi connectivity index (χ1v) is 7.73. The maximum Gasteiger partial charge on any atom is 0.226 e. The molecule has 0 radical (unpaired) electrons. The van der Waals surface area contributed by atoms with Crippen LogP contribution in [-0.2, 0) is 4.79 Å². The Balaban J connectivity index is 2.21. The smallest absolute Gasteiger partial charge is 0.226 e. The number of carbonyl (C=O) groups excluding carboxylic acids is 1. The van der Waals surface area contributed by atoms with E-state index in [4.69, 9.17) is 16.3 Å². The number of ether oxygens (including phenoxy) is 1. The van der Waals surface area contributed by atoms with Crippen molar-refractivity contribution in [3.8, 4) is 5.75 Å². The monoisotopic (exact) mass is 310 g/mol. The second-order valence-corrected chi connectivity index (χ2v) is 6.37. The highest BCUT2D eigenvalue weighted by Gasteiger charge is 2.28. The van der Waals surface area contributed by atoms with Crippen molar-refractivity contribution in [3.05, 3.63) is 28.8 Å². The van der Waals surface area contributed by atoms with Crippen LogP contribution in [0.4, 0.5) is 0 Å². The standard InChI is InChI=1S/C16H23ClN2O2/c1-10(2)6-14(19-16(20)11-8-18-9-11)13-7-12(17)4-5-15(13)21-3/h4-5,7,10-11,14,18H,6,8-9H2,1-3H3,(H,19,20). The molecule has 116 valence electrons. The summed E-state index contributed by atoms with van der Waals surface area (Å²) in [5.74, 6) is 1.39. The Kier molecular flexibility index (Phi) is 5.48. The van der Waals surface area contributed by atoms with Crippen LogP contribution in [0.3, 0.4) is 0 Å². The number of carbonyl (C=O) groups is 1. The van der Waals surface area contributed by atoms with Gasteiger partial charge in [0.1, 0.15) is 5.75 Å². The minimum absolute atomic E-state index is 0.0739. The zero-order valence-corrected chi connectivity index (χ0v) is 13.5. The van der Waals surface area contributed by atoms with Crippen LogP contribution in [0.1, 0.15) is 31.9 Å². The van der Waals surface area contributed by atoms with Gasteiger partial charge in [-0.1, -0.05) is 25.4 Å². The molecule has 21 heavy (non-hydrogen) atoms. The number of hydrogen-bond acceptors (Lipinski definition) is 3. The van der Waals surface area contributed by atoms with Gasteiger partial charge in [-0.25, -0.2) is 0 Å². The highest BCUT2D eigenvalue weighted by molar-refractivity contribution is 6.30. The maximum absolute atomic E-state index is 12.3. The summed E-state index contributed by atoms with van der Waals surface area (Å²) in [5, 5.41) is 6.92. The van der Waals surface area contributed by atoms with Gasteiger partial charge in [-0.05, 0) is 30.5 Å². The quantitative estimate of drug-likeness (QED) is 0.849. The van der Waals surface area contributed by atoms with Gasteiger partial charge >= 0.3 is 0 Å². The normalized spacial score (nSPS) is 16.4. The van der Waals surface area contributed by atoms with E-state index < -0.39 is 0 Å². The first kappa shape index (κ1) is 16.1. The molecule has 0 spiro atoms. The van der Waals surface area contributed by atoms with Gasteiger partial charge in [-0.2, -0.15) is 0 Å². The largest absolute Gasteiger partial charge is 0.496 e. The molecule has 0 aliphatic carbocycles. The van der Waals surface area contributed by atoms with Crippen molar-refractivity contribution < 1.29 is 9.53 Å². The van der Waals surface area contributed by atoms with Crippen LogP contribution in [0, 0.1) is 11.8 Å². The van der Waals surface area contributed by atoms with Crippen molar-refractivity contribution in [2.45, 2.75) is 26.3 Å². The molecule has 1 aromatic carbocycles. The molecular weight excluding hydrogens is 288 g/mol. The third kappa shape index (κ3) is 4.11. The van der Waals surface area contributed by atoms with Gasteiger partial charge < -0.3 is 15.4 Å². The third-order valence-electron chi connectivity index (χ3n) is 3.74. The van der Waals surface area contributed by atoms with Crippen molar-refractivity contribution >= 4 is 17.5 Å². The molecule has 1 atom stereocenters. The van der Waals surface area contributed by atoms with Gasteiger partial charge in [0.05, 0.1) is 19.1 Å². The van der Waals surface area contributed by atoms with Crippen LogP contribution in [0.15, 0.2) is 18.2 Å². The Morgan fingerprint density at radius 3 is 2.71 bits per heavy atom. The summed E-state index contributed by atoms with van der Waals surface area (Å²) in [5.41, 5.74) is 0.944. The lowest BCUT2D eigenvalue weighted by Crippen LogP contribution is -2.51. The van der Waals surface area contributed by atoms with E-state index in [0.29, 0.717) is 10.9 Å². The molecule has 2 rings (SSSR count). The van der Waals surface area contributed by atoms with Gasteiger partial charge in [0, 0.05) is 23.7 Å². The van der Waals surface area contributed by atoms with Gasteiger partial charge in [0.25, 0.3) is 0 Å². The number of halogens is 1. The molecule has 4 nitrogen and oxygen atoms in total. The lowest BCUT2D eigenvalue weighted by atomic mass is 9.94. The molecule has 0 aromatic heterocycles. The summed E-state index contributed by atoms with van der Waals surface area (Å²) in [6.45, 7) is 5.79. The molecule has 1 unspecified atom stereocenters. The molecule has 0 bridgehead atoms. The fourth-order valence-corrected chi connectivity index (χ4v) is 2.66. The molecule has 2 N–H and O–H groups in total. The van der Waals surface area contributed by atoms with E-state index in [1.807, 2.05) is 12.1 Å². The topological polar surface area (TPSA) is 50.4 Å². The number of hydrogen-bond donors (Lipinski definition) is 2. The van der Waals surface area contributed by atoms with Gasteiger partial charge in [0.15, 0.2) is 0 Å². The molecule has 1 aromatic rings. The summed E-state index contributed by atoms with van der Waals surface area (Å²) in [7, 11) is 1.64. The maximum atomic E-state index is 12.3. The first-order valence-electron chi connectivity index (χ1n) is 7.35. The lowest BCUT2D eigenvalue weighted by molar-refractivity contribution is -0.127. The Morgan fingerprint density at radius 2 is 2.19 bits per heavy atom. The summed E-state index contributed by atoms with van der Waals surface area (Å²) in [4.78, 5) is 12.3. The second-order valence-electron chi connectivity index (χ2n) is 5.93. The molecule has 1 saturated heterocycles. The molecule has 1 amide bonds. The first-order chi connectivity index (χ1) is 10.0. The van der Waals surface area contributed by atoms with Crippen molar-refractivity contribution in [2.24, 2.45) is 11.8 Å². The molecule has 1 aliphatic heterocycles. The van der Waals surface area contributed by atoms with Crippen LogP contribution >= 0.6 is 11.6 Å². The van der Waals surface area contributed by atoms with E-state index in [-0.39, 0.29) is 17.9 Å². The highest BCUT2D eigenvalue weighted by atomic mass is 35.5. The third-order valence-corrected chi connectivity index (χ3v) is 3.98. The summed E-state index contributed by atoms with van der Waals surface area (Å²) >= 11 is 6.11. The Morgan fingerprint density at radius 1 is 1.48 bits per heavy atom. The van der Waals surface area contributed by atoms with Gasteiger partial charge in [-0.3, -0.25) is 4.79 Å². The molecule has 1 heterocycles. The fourth-order valence-electron chi connectivity index (χ4n) is 2.48. The Bertz CT molecular complexity index is 501. The van der Waals surface area contributed by atoms with Crippen LogP contribution < -0.4 is 15.4 Å². The highest BCUT2D eigenvalue weighted by Crippen LogP contribution is 2.32. The minimum Gasteiger partial charge on any atom is -0.496 e. The van der Waals surface area contributed by atoms with E-state index in [1.54, 1.807) is 13.2 Å². The number of amides is 1. The number of nitrogens with one attached hydrogen (secondary N) is 2. The van der Waals surface area contributed by atoms with Crippen molar-refractivity contribution in [1.29, 1.82) is 0 Å². The van der Waals surface area contributed by atoms with E-state index in [2.05, 4.69) is 24.5 Å². The lowest BCUT2D eigenvalue weighted by Gasteiger charge is -2.30. The van der Waals surface area contributed by atoms with Crippen molar-refractivity contribution in [3.63, 3.8) is 0 Å². The molecule has 5 heteroatoms. The number of methoxy groups -OCH3 is 1. The summed E-state index contributed by atoms with van der Waals surface area (Å²) in [6, 6.07) is 5.45. The van der Waals surface area contributed by atoms with E-state index in [1.165, 1.54) is 0 Å². The van der Waals surface area contributed by atoms with Crippen LogP contribution in [0.25, 0.3) is 0 Å². The predicted octanol–water partition coefficient (Wildman–Crippen LogP) is 2.77. The zero-order chi connectivity index (χ0) is 15.4. The van der Waals surface area contributed by atoms with Crippen molar-refractivity contribution in [1.82, 2.24) is 10.6 Å². The number of rotatable bonds is 6. The van der Waals surface area contributed by atoms with Gasteiger partial charge in [-0.15, -0.1) is 0 Å². The van der Waals surface area contributed by atoms with Crippen molar-refractivity contribution in [2.75, 3.05) is 20.2 Å². The average Bonchev–Trinajstić information content (AvgIpc) is 2.35. The molecule has 1 aliphatic rings. The SMILES string of the molecule is COc1ccc(Cl)cc1C(CC(C)C)NC(=O)C1CNC1. The molecular formula is C16H23ClN2O2. The van der Waals surface area contributed by atoms with E-state index >= 15 is 0 Å². The van der Waals surface area contributed by atoms with Crippen LogP contribution in [0.5, 0.6) is 5.75 Å². The van der Waals surface area contributed by atoms with E-state index in [0.717, 1.165) is 30.8 Å². The zero-order valence-electron chi connectivity index (χ0n) is 12.8. The fraction of sp³-hybridized carbons (Fsp3) is 0.562. The van der Waals surface area contributed by atoms with Crippen LogP contribution in [0.2, 0.25) is 5.02 Å². The minimum atomic E-state index is -0.0771. The van der Waals surface area contributed by atoms with Crippen LogP contribution in [-0.4, -0.2) is 26.1 Å². The second kappa shape index (κ2) is 7.14. The predicted molar refractivity (Wildman–Crippen MR) is 84.7 cm³/mol. The van der Waals surface area contributed by atoms with Gasteiger partial charge in [0.2, 0.25) is 5.91 Å². The average molecular weight is 311 g/mol. The molecule has 1 fully saturated rings. The van der Waals surface area contributed by atoms with E-state index in [9.17, 15) is 4.79 Å². The molecule has 0 saturated carbocycles. The Labute approximate surface area is 131 Å². The Hall–Kier alpha value is -1.26. The summed E-state index contributed by atoms with van der Waals surface area (Å²) < 4.78 is 5.42.